The van der Waals surface area contributed by atoms with Gasteiger partial charge in [0.05, 0.1) is 11.4 Å². The molecule has 2 N–H and O–H groups in total. The highest BCUT2D eigenvalue weighted by molar-refractivity contribution is 7.13. The zero-order chi connectivity index (χ0) is 14.5. The van der Waals surface area contributed by atoms with Crippen LogP contribution in [0.15, 0.2) is 36.4 Å². The number of thiophene rings is 1. The molecule has 1 aromatic heterocycles. The zero-order valence-corrected chi connectivity index (χ0v) is 11.6. The van der Waals surface area contributed by atoms with Gasteiger partial charge in [0.25, 0.3) is 5.91 Å². The molecule has 0 atom stereocenters. The fourth-order valence-electron chi connectivity index (χ4n) is 1.58. The Hall–Kier alpha value is -2.21. The number of hydrogen-bond acceptors (Lipinski definition) is 3. The molecule has 2 aromatic rings. The number of anilines is 1. The van der Waals surface area contributed by atoms with Crippen molar-refractivity contribution in [3.63, 3.8) is 0 Å². The van der Waals surface area contributed by atoms with E-state index in [2.05, 4.69) is 10.6 Å². The molecule has 0 aliphatic carbocycles. The maximum atomic E-state index is 12.9. The third-order valence-corrected chi connectivity index (χ3v) is 3.48. The van der Waals surface area contributed by atoms with Crippen LogP contribution in [-0.2, 0) is 4.79 Å². The van der Waals surface area contributed by atoms with E-state index in [9.17, 15) is 14.0 Å². The van der Waals surface area contributed by atoms with Crippen LogP contribution in [0, 0.1) is 12.7 Å². The topological polar surface area (TPSA) is 58.2 Å². The monoisotopic (exact) mass is 292 g/mol. The lowest BCUT2D eigenvalue weighted by molar-refractivity contribution is -0.115. The first-order chi connectivity index (χ1) is 9.54. The van der Waals surface area contributed by atoms with Crippen LogP contribution in [0.2, 0.25) is 0 Å². The van der Waals surface area contributed by atoms with Gasteiger partial charge in [-0.2, -0.15) is 0 Å². The highest BCUT2D eigenvalue weighted by Crippen LogP contribution is 2.14. The van der Waals surface area contributed by atoms with Gasteiger partial charge in [-0.15, -0.1) is 11.3 Å². The summed E-state index contributed by atoms with van der Waals surface area (Å²) in [5, 5.41) is 5.02. The summed E-state index contributed by atoms with van der Waals surface area (Å²) in [5.74, 6) is -1.13. The lowest BCUT2D eigenvalue weighted by Gasteiger charge is -2.06. The van der Waals surface area contributed by atoms with Crippen LogP contribution in [0.1, 0.15) is 14.5 Å². The van der Waals surface area contributed by atoms with Crippen LogP contribution < -0.4 is 10.6 Å². The van der Waals surface area contributed by atoms with Crippen molar-refractivity contribution in [1.82, 2.24) is 5.32 Å². The summed E-state index contributed by atoms with van der Waals surface area (Å²) in [4.78, 5) is 24.9. The first-order valence-electron chi connectivity index (χ1n) is 5.94. The highest BCUT2D eigenvalue weighted by atomic mass is 32.1. The van der Waals surface area contributed by atoms with Gasteiger partial charge in [-0.05, 0) is 37.3 Å². The molecule has 4 nitrogen and oxygen atoms in total. The van der Waals surface area contributed by atoms with Gasteiger partial charge in [0.2, 0.25) is 5.91 Å². The smallest absolute Gasteiger partial charge is 0.261 e. The second-order valence-corrected chi connectivity index (χ2v) is 5.44. The summed E-state index contributed by atoms with van der Waals surface area (Å²) in [5.41, 5.74) is 0.358. The molecule has 1 aromatic carbocycles. The molecule has 0 bridgehead atoms. The molecule has 0 aliphatic rings. The van der Waals surface area contributed by atoms with E-state index in [0.29, 0.717) is 10.6 Å². The second kappa shape index (κ2) is 6.29. The van der Waals surface area contributed by atoms with E-state index in [1.165, 1.54) is 29.5 Å². The molecule has 104 valence electrons. The van der Waals surface area contributed by atoms with Crippen molar-refractivity contribution in [1.29, 1.82) is 0 Å². The Balaban J connectivity index is 1.85. The minimum Gasteiger partial charge on any atom is -0.342 e. The first kappa shape index (κ1) is 14.2. The molecule has 0 saturated carbocycles. The number of hydrogen-bond donors (Lipinski definition) is 2. The molecule has 0 unspecified atom stereocenters. The van der Waals surface area contributed by atoms with Gasteiger partial charge in [-0.1, -0.05) is 6.07 Å². The summed E-state index contributed by atoms with van der Waals surface area (Å²) in [6.07, 6.45) is 0. The molecule has 0 spiro atoms. The third-order valence-electron chi connectivity index (χ3n) is 2.48. The van der Waals surface area contributed by atoms with Crippen molar-refractivity contribution in [2.45, 2.75) is 6.92 Å². The van der Waals surface area contributed by atoms with Gasteiger partial charge in [-0.25, -0.2) is 4.39 Å². The molecule has 2 amide bonds. The number of halogens is 1. The van der Waals surface area contributed by atoms with Gasteiger partial charge in [-0.3, -0.25) is 9.59 Å². The summed E-state index contributed by atoms with van der Waals surface area (Å²) >= 11 is 1.36. The molecule has 0 aliphatic heterocycles. The number of carbonyl (C=O) groups is 2. The number of carbonyl (C=O) groups excluding carboxylic acids is 2. The van der Waals surface area contributed by atoms with Crippen LogP contribution in [0.5, 0.6) is 0 Å². The molecule has 0 fully saturated rings. The number of nitrogens with one attached hydrogen (secondary N) is 2. The zero-order valence-electron chi connectivity index (χ0n) is 10.8. The fraction of sp³-hybridized carbons (Fsp3) is 0.143. The van der Waals surface area contributed by atoms with E-state index in [1.54, 1.807) is 12.1 Å². The Kier molecular flexibility index (Phi) is 4.47. The van der Waals surface area contributed by atoms with Crippen molar-refractivity contribution in [2.75, 3.05) is 11.9 Å². The number of amides is 2. The Morgan fingerprint density at radius 3 is 2.70 bits per heavy atom. The average molecular weight is 292 g/mol. The normalized spacial score (nSPS) is 10.1. The molecule has 6 heteroatoms. The summed E-state index contributed by atoms with van der Waals surface area (Å²) < 4.78 is 12.9. The Bertz CT molecular complexity index is 640. The van der Waals surface area contributed by atoms with E-state index in [1.807, 2.05) is 13.0 Å². The second-order valence-electron chi connectivity index (χ2n) is 4.15. The predicted molar refractivity (Wildman–Crippen MR) is 76.4 cm³/mol. The van der Waals surface area contributed by atoms with E-state index < -0.39 is 11.7 Å². The van der Waals surface area contributed by atoms with Gasteiger partial charge in [0.15, 0.2) is 0 Å². The largest absolute Gasteiger partial charge is 0.342 e. The Labute approximate surface area is 119 Å². The van der Waals surface area contributed by atoms with Gasteiger partial charge >= 0.3 is 0 Å². The molecule has 0 radical (unpaired) electrons. The van der Waals surface area contributed by atoms with Crippen molar-refractivity contribution in [3.8, 4) is 0 Å². The molecular formula is C14H13FN2O2S. The van der Waals surface area contributed by atoms with Crippen LogP contribution in [0.25, 0.3) is 0 Å². The van der Waals surface area contributed by atoms with Crippen molar-refractivity contribution in [3.05, 3.63) is 52.0 Å². The number of aryl methyl sites for hydroxylation is 1. The van der Waals surface area contributed by atoms with Crippen LogP contribution in [0.3, 0.4) is 0 Å². The van der Waals surface area contributed by atoms with Gasteiger partial charge in [0, 0.05) is 10.6 Å². The number of benzene rings is 1. The quantitative estimate of drug-likeness (QED) is 0.910. The summed E-state index contributed by atoms with van der Waals surface area (Å²) in [7, 11) is 0. The number of rotatable bonds is 4. The lowest BCUT2D eigenvalue weighted by Crippen LogP contribution is -2.32. The fourth-order valence-corrected chi connectivity index (χ4v) is 2.36. The summed E-state index contributed by atoms with van der Waals surface area (Å²) in [6, 6.07) is 9.12. The standard InChI is InChI=1S/C14H13FN2O2S/c1-9-5-6-12(20-9)14(19)16-8-13(18)17-11-4-2-3-10(15)7-11/h2-7H,8H2,1H3,(H,16,19)(H,17,18). The van der Waals surface area contributed by atoms with E-state index in [0.717, 1.165) is 4.88 Å². The minimum absolute atomic E-state index is 0.160. The van der Waals surface area contributed by atoms with Crippen LogP contribution >= 0.6 is 11.3 Å². The molecular weight excluding hydrogens is 279 g/mol. The maximum Gasteiger partial charge on any atom is 0.261 e. The third kappa shape index (κ3) is 3.89. The van der Waals surface area contributed by atoms with Gasteiger partial charge in [0.1, 0.15) is 5.82 Å². The summed E-state index contributed by atoms with van der Waals surface area (Å²) in [6.45, 7) is 1.74. The maximum absolute atomic E-state index is 12.9. The molecule has 1 heterocycles. The minimum atomic E-state index is -0.430. The van der Waals surface area contributed by atoms with Crippen molar-refractivity contribution >= 4 is 28.8 Å². The highest BCUT2D eigenvalue weighted by Gasteiger charge is 2.10. The molecule has 0 saturated heterocycles. The van der Waals surface area contributed by atoms with E-state index >= 15 is 0 Å². The van der Waals surface area contributed by atoms with E-state index in [-0.39, 0.29) is 12.5 Å². The Morgan fingerprint density at radius 2 is 2.05 bits per heavy atom. The predicted octanol–water partition coefficient (Wildman–Crippen LogP) is 2.56. The SMILES string of the molecule is Cc1ccc(C(=O)NCC(=O)Nc2cccc(F)c2)s1. The average Bonchev–Trinajstić information content (AvgIpc) is 2.83. The lowest BCUT2D eigenvalue weighted by atomic mass is 10.3. The molecule has 2 rings (SSSR count). The van der Waals surface area contributed by atoms with Gasteiger partial charge < -0.3 is 10.6 Å². The molecule has 20 heavy (non-hydrogen) atoms. The van der Waals surface area contributed by atoms with Crippen LogP contribution in [0.4, 0.5) is 10.1 Å². The van der Waals surface area contributed by atoms with E-state index in [4.69, 9.17) is 0 Å². The van der Waals surface area contributed by atoms with Crippen molar-refractivity contribution in [2.24, 2.45) is 0 Å². The first-order valence-corrected chi connectivity index (χ1v) is 6.76. The van der Waals surface area contributed by atoms with Crippen molar-refractivity contribution < 1.29 is 14.0 Å². The Morgan fingerprint density at radius 1 is 1.25 bits per heavy atom. The van der Waals surface area contributed by atoms with Crippen LogP contribution in [-0.4, -0.2) is 18.4 Å².